The van der Waals surface area contributed by atoms with Crippen molar-refractivity contribution in [3.8, 4) is 0 Å². The second kappa shape index (κ2) is 5.42. The number of carboxylic acids is 1. The molecule has 0 aliphatic carbocycles. The van der Waals surface area contributed by atoms with Crippen molar-refractivity contribution in [1.82, 2.24) is 0 Å². The van der Waals surface area contributed by atoms with Crippen molar-refractivity contribution in [2.75, 3.05) is 11.9 Å². The van der Waals surface area contributed by atoms with E-state index in [2.05, 4.69) is 0 Å². The van der Waals surface area contributed by atoms with Crippen molar-refractivity contribution in [3.05, 3.63) is 51.9 Å². The summed E-state index contributed by atoms with van der Waals surface area (Å²) >= 11 is 7.10. The van der Waals surface area contributed by atoms with Crippen molar-refractivity contribution < 1.29 is 9.90 Å². The number of halogens is 1. The summed E-state index contributed by atoms with van der Waals surface area (Å²) in [6.07, 6.45) is 0. The SMILES string of the molecule is CN(Cc1ccc(Cl)cc1)c1ccc(C(=O)O)s1. The van der Waals surface area contributed by atoms with Crippen LogP contribution in [0.25, 0.3) is 0 Å². The van der Waals surface area contributed by atoms with Gasteiger partial charge in [-0.25, -0.2) is 4.79 Å². The molecule has 2 rings (SSSR count). The predicted octanol–water partition coefficient (Wildman–Crippen LogP) is 3.74. The zero-order valence-electron chi connectivity index (χ0n) is 9.76. The van der Waals surface area contributed by atoms with Gasteiger partial charge in [0.1, 0.15) is 4.88 Å². The molecule has 0 aliphatic heterocycles. The minimum absolute atomic E-state index is 0.355. The molecule has 0 saturated carbocycles. The van der Waals surface area contributed by atoms with Crippen molar-refractivity contribution in [1.29, 1.82) is 0 Å². The van der Waals surface area contributed by atoms with Crippen LogP contribution in [0.15, 0.2) is 36.4 Å². The number of hydrogen-bond acceptors (Lipinski definition) is 3. The highest BCUT2D eigenvalue weighted by Crippen LogP contribution is 2.26. The number of aromatic carboxylic acids is 1. The van der Waals surface area contributed by atoms with Crippen molar-refractivity contribution in [2.45, 2.75) is 6.54 Å². The van der Waals surface area contributed by atoms with Crippen molar-refractivity contribution >= 4 is 33.9 Å². The van der Waals surface area contributed by atoms with Crippen molar-refractivity contribution in [3.63, 3.8) is 0 Å². The van der Waals surface area contributed by atoms with E-state index in [0.29, 0.717) is 9.90 Å². The predicted molar refractivity (Wildman–Crippen MR) is 74.8 cm³/mol. The van der Waals surface area contributed by atoms with E-state index in [4.69, 9.17) is 16.7 Å². The van der Waals surface area contributed by atoms with E-state index in [9.17, 15) is 4.79 Å². The van der Waals surface area contributed by atoms with Gasteiger partial charge < -0.3 is 10.0 Å². The molecule has 0 radical (unpaired) electrons. The molecule has 0 spiro atoms. The molecule has 3 nitrogen and oxygen atoms in total. The fourth-order valence-corrected chi connectivity index (χ4v) is 2.52. The standard InChI is InChI=1S/C13H12ClNO2S/c1-15(8-9-2-4-10(14)5-3-9)12-7-6-11(18-12)13(16)17/h2-7H,8H2,1H3,(H,16,17). The van der Waals surface area contributed by atoms with Gasteiger partial charge in [-0.05, 0) is 29.8 Å². The molecule has 1 aromatic heterocycles. The fraction of sp³-hybridized carbons (Fsp3) is 0.154. The number of anilines is 1. The summed E-state index contributed by atoms with van der Waals surface area (Å²) in [4.78, 5) is 13.2. The Morgan fingerprint density at radius 2 is 1.94 bits per heavy atom. The Labute approximate surface area is 114 Å². The van der Waals surface area contributed by atoms with Crippen LogP contribution in [0, 0.1) is 0 Å². The van der Waals surface area contributed by atoms with E-state index in [1.807, 2.05) is 42.3 Å². The number of benzene rings is 1. The van der Waals surface area contributed by atoms with Crippen LogP contribution in [0.3, 0.4) is 0 Å². The van der Waals surface area contributed by atoms with Crippen LogP contribution in [-0.4, -0.2) is 18.1 Å². The van der Waals surface area contributed by atoms with Crippen molar-refractivity contribution in [2.24, 2.45) is 0 Å². The van der Waals surface area contributed by atoms with Crippen LogP contribution in [0.5, 0.6) is 0 Å². The molecular formula is C13H12ClNO2S. The van der Waals surface area contributed by atoms with Gasteiger partial charge in [-0.15, -0.1) is 11.3 Å². The molecule has 0 bridgehead atoms. The number of nitrogens with zero attached hydrogens (tertiary/aromatic N) is 1. The summed E-state index contributed by atoms with van der Waals surface area (Å²) in [5, 5.41) is 10.5. The first kappa shape index (κ1) is 12.9. The number of carbonyl (C=O) groups is 1. The molecule has 2 aromatic rings. The van der Waals surface area contributed by atoms with Crippen LogP contribution in [0.2, 0.25) is 5.02 Å². The van der Waals surface area contributed by atoms with Crippen LogP contribution >= 0.6 is 22.9 Å². The lowest BCUT2D eigenvalue weighted by atomic mass is 10.2. The minimum atomic E-state index is -0.883. The third-order valence-corrected chi connectivity index (χ3v) is 3.95. The Morgan fingerprint density at radius 3 is 2.50 bits per heavy atom. The van der Waals surface area contributed by atoms with Crippen LogP contribution in [0.4, 0.5) is 5.00 Å². The van der Waals surface area contributed by atoms with E-state index in [1.165, 1.54) is 11.3 Å². The topological polar surface area (TPSA) is 40.5 Å². The molecule has 94 valence electrons. The Kier molecular flexibility index (Phi) is 3.89. The molecule has 0 atom stereocenters. The molecule has 0 saturated heterocycles. The number of rotatable bonds is 4. The highest BCUT2D eigenvalue weighted by Gasteiger charge is 2.10. The van der Waals surface area contributed by atoms with E-state index in [0.717, 1.165) is 17.1 Å². The third kappa shape index (κ3) is 3.03. The van der Waals surface area contributed by atoms with Gasteiger partial charge in [0, 0.05) is 18.6 Å². The zero-order chi connectivity index (χ0) is 13.1. The fourth-order valence-electron chi connectivity index (χ4n) is 1.59. The minimum Gasteiger partial charge on any atom is -0.477 e. The maximum atomic E-state index is 10.8. The lowest BCUT2D eigenvalue weighted by Crippen LogP contribution is -2.14. The molecule has 1 aromatic carbocycles. The number of thiophene rings is 1. The molecule has 0 fully saturated rings. The Balaban J connectivity index is 2.09. The van der Waals surface area contributed by atoms with E-state index in [-0.39, 0.29) is 0 Å². The Bertz CT molecular complexity index is 550. The smallest absolute Gasteiger partial charge is 0.345 e. The van der Waals surface area contributed by atoms with E-state index in [1.54, 1.807) is 6.07 Å². The largest absolute Gasteiger partial charge is 0.477 e. The first-order chi connectivity index (χ1) is 8.56. The summed E-state index contributed by atoms with van der Waals surface area (Å²) in [6.45, 7) is 0.719. The van der Waals surface area contributed by atoms with Gasteiger partial charge in [-0.3, -0.25) is 0 Å². The maximum absolute atomic E-state index is 10.8. The summed E-state index contributed by atoms with van der Waals surface area (Å²) in [5.41, 5.74) is 1.13. The number of carboxylic acid groups (broad SMARTS) is 1. The lowest BCUT2D eigenvalue weighted by Gasteiger charge is -2.16. The molecular weight excluding hydrogens is 270 g/mol. The van der Waals surface area contributed by atoms with Gasteiger partial charge in [-0.1, -0.05) is 23.7 Å². The van der Waals surface area contributed by atoms with E-state index < -0.39 is 5.97 Å². The average molecular weight is 282 g/mol. The highest BCUT2D eigenvalue weighted by atomic mass is 35.5. The third-order valence-electron chi connectivity index (χ3n) is 2.51. The monoisotopic (exact) mass is 281 g/mol. The van der Waals surface area contributed by atoms with Crippen LogP contribution < -0.4 is 4.90 Å². The molecule has 0 amide bonds. The molecule has 1 N–H and O–H groups in total. The second-order valence-corrected chi connectivity index (χ2v) is 5.42. The Hall–Kier alpha value is -1.52. The quantitative estimate of drug-likeness (QED) is 0.928. The first-order valence-corrected chi connectivity index (χ1v) is 6.54. The van der Waals surface area contributed by atoms with Crippen LogP contribution in [0.1, 0.15) is 15.2 Å². The molecule has 18 heavy (non-hydrogen) atoms. The summed E-state index contributed by atoms with van der Waals surface area (Å²) in [7, 11) is 1.94. The van der Waals surface area contributed by atoms with Gasteiger partial charge in [0.15, 0.2) is 0 Å². The van der Waals surface area contributed by atoms with Gasteiger partial charge in [0.25, 0.3) is 0 Å². The van der Waals surface area contributed by atoms with Crippen LogP contribution in [-0.2, 0) is 6.54 Å². The van der Waals surface area contributed by atoms with Gasteiger partial charge in [0.2, 0.25) is 0 Å². The summed E-state index contributed by atoms with van der Waals surface area (Å²) in [6, 6.07) is 11.1. The van der Waals surface area contributed by atoms with E-state index >= 15 is 0 Å². The number of hydrogen-bond donors (Lipinski definition) is 1. The Morgan fingerprint density at radius 1 is 1.28 bits per heavy atom. The summed E-state index contributed by atoms with van der Waals surface area (Å²) < 4.78 is 0. The van der Waals surface area contributed by atoms with Gasteiger partial charge >= 0.3 is 5.97 Å². The summed E-state index contributed by atoms with van der Waals surface area (Å²) in [5.74, 6) is -0.883. The second-order valence-electron chi connectivity index (χ2n) is 3.93. The first-order valence-electron chi connectivity index (χ1n) is 5.35. The molecule has 0 aliphatic rings. The molecule has 1 heterocycles. The normalized spacial score (nSPS) is 10.3. The molecule has 5 heteroatoms. The zero-order valence-corrected chi connectivity index (χ0v) is 11.3. The highest BCUT2D eigenvalue weighted by molar-refractivity contribution is 7.17. The lowest BCUT2D eigenvalue weighted by molar-refractivity contribution is 0.0702. The maximum Gasteiger partial charge on any atom is 0.345 e. The van der Waals surface area contributed by atoms with Gasteiger partial charge in [-0.2, -0.15) is 0 Å². The molecule has 0 unspecified atom stereocenters. The van der Waals surface area contributed by atoms with Gasteiger partial charge in [0.05, 0.1) is 5.00 Å². The average Bonchev–Trinajstić information content (AvgIpc) is 2.81.